The van der Waals surface area contributed by atoms with Crippen molar-refractivity contribution in [2.24, 2.45) is 5.16 Å². The molecule has 3 aromatic rings. The van der Waals surface area contributed by atoms with Gasteiger partial charge in [-0.15, -0.1) is 0 Å². The summed E-state index contributed by atoms with van der Waals surface area (Å²) in [5.41, 5.74) is 7.08. The van der Waals surface area contributed by atoms with Gasteiger partial charge in [-0.3, -0.25) is 0 Å². The van der Waals surface area contributed by atoms with E-state index in [1.807, 2.05) is 6.92 Å². The summed E-state index contributed by atoms with van der Waals surface area (Å²) in [4.78, 5) is 0. The van der Waals surface area contributed by atoms with Gasteiger partial charge >= 0.3 is 0 Å². The molecular weight excluding hydrogens is 308 g/mol. The van der Waals surface area contributed by atoms with Crippen molar-refractivity contribution >= 4 is 16.6 Å². The lowest BCUT2D eigenvalue weighted by atomic mass is 9.76. The Kier molecular flexibility index (Phi) is 3.68. The van der Waals surface area contributed by atoms with Gasteiger partial charge < -0.3 is 9.77 Å². The van der Waals surface area contributed by atoms with Gasteiger partial charge in [-0.1, -0.05) is 54.0 Å². The van der Waals surface area contributed by atoms with E-state index in [4.69, 9.17) is 0 Å². The molecule has 0 spiro atoms. The van der Waals surface area contributed by atoms with Crippen LogP contribution in [0.1, 0.15) is 42.7 Å². The number of hydrogen-bond acceptors (Lipinski definition) is 2. The van der Waals surface area contributed by atoms with E-state index in [-0.39, 0.29) is 5.41 Å². The molecule has 0 amide bonds. The van der Waals surface area contributed by atoms with Crippen molar-refractivity contribution in [3.8, 4) is 0 Å². The number of rotatable bonds is 2. The van der Waals surface area contributed by atoms with Gasteiger partial charge in [-0.2, -0.15) is 0 Å². The first-order valence-electron chi connectivity index (χ1n) is 8.90. The van der Waals surface area contributed by atoms with Gasteiger partial charge in [0.05, 0.1) is 5.71 Å². The zero-order chi connectivity index (χ0) is 17.6. The van der Waals surface area contributed by atoms with Crippen molar-refractivity contribution in [2.45, 2.75) is 45.6 Å². The van der Waals surface area contributed by atoms with Crippen molar-refractivity contribution in [3.63, 3.8) is 0 Å². The van der Waals surface area contributed by atoms with Gasteiger partial charge in [-0.25, -0.2) is 0 Å². The molecule has 3 nitrogen and oxygen atoms in total. The van der Waals surface area contributed by atoms with Gasteiger partial charge in [0.15, 0.2) is 0 Å². The van der Waals surface area contributed by atoms with Crippen LogP contribution < -0.4 is 0 Å². The topological polar surface area (TPSA) is 37.5 Å². The van der Waals surface area contributed by atoms with Crippen LogP contribution in [-0.4, -0.2) is 15.5 Å². The van der Waals surface area contributed by atoms with Crippen LogP contribution in [0.3, 0.4) is 0 Å². The molecule has 0 fully saturated rings. The van der Waals surface area contributed by atoms with Crippen molar-refractivity contribution in [2.75, 3.05) is 0 Å². The fraction of sp³-hybridized carbons (Fsp3) is 0.318. The fourth-order valence-corrected chi connectivity index (χ4v) is 4.31. The van der Waals surface area contributed by atoms with Crippen LogP contribution in [0.15, 0.2) is 53.7 Å². The maximum absolute atomic E-state index is 9.40. The SMILES string of the molecule is C/C(=N\O)c1c2n(c3ccc(C)cc13)C[C@@](C)(c1ccccc1)CC2. The molecule has 0 saturated carbocycles. The smallest absolute Gasteiger partial charge is 0.0861 e. The highest BCUT2D eigenvalue weighted by Gasteiger charge is 2.34. The summed E-state index contributed by atoms with van der Waals surface area (Å²) in [5, 5.41) is 14.1. The molecule has 2 heterocycles. The van der Waals surface area contributed by atoms with Crippen molar-refractivity contribution < 1.29 is 5.21 Å². The second-order valence-corrected chi connectivity index (χ2v) is 7.54. The van der Waals surface area contributed by atoms with Gasteiger partial charge in [0, 0.05) is 34.1 Å². The molecule has 0 radical (unpaired) electrons. The zero-order valence-electron chi connectivity index (χ0n) is 15.1. The van der Waals surface area contributed by atoms with E-state index in [1.54, 1.807) is 0 Å². The molecule has 4 rings (SSSR count). The van der Waals surface area contributed by atoms with Crippen molar-refractivity contribution in [3.05, 3.63) is 70.9 Å². The third-order valence-corrected chi connectivity index (χ3v) is 5.73. The van der Waals surface area contributed by atoms with Crippen LogP contribution in [-0.2, 0) is 18.4 Å². The number of oxime groups is 1. The van der Waals surface area contributed by atoms with Gasteiger partial charge in [0.25, 0.3) is 0 Å². The Labute approximate surface area is 148 Å². The van der Waals surface area contributed by atoms with Crippen molar-refractivity contribution in [1.82, 2.24) is 4.57 Å². The number of benzene rings is 2. The molecule has 1 aromatic heterocycles. The Hall–Kier alpha value is -2.55. The largest absolute Gasteiger partial charge is 0.411 e. The first kappa shape index (κ1) is 15.9. The van der Waals surface area contributed by atoms with E-state index in [9.17, 15) is 5.21 Å². The molecule has 1 atom stereocenters. The molecule has 1 N–H and O–H groups in total. The molecule has 128 valence electrons. The van der Waals surface area contributed by atoms with E-state index >= 15 is 0 Å². The summed E-state index contributed by atoms with van der Waals surface area (Å²) in [5.74, 6) is 0. The average molecular weight is 332 g/mol. The average Bonchev–Trinajstić information content (AvgIpc) is 2.94. The van der Waals surface area contributed by atoms with E-state index in [0.29, 0.717) is 5.71 Å². The lowest BCUT2D eigenvalue weighted by Crippen LogP contribution is -2.34. The standard InChI is InChI=1S/C22H24N2O/c1-15-9-10-19-18(13-15)21(16(2)23-25)20-11-12-22(3,14-24(19)20)17-7-5-4-6-8-17/h4-10,13,25H,11-12,14H2,1-3H3/b23-16+/t22-/m0/s1. The Balaban J connectivity index is 1.93. The highest BCUT2D eigenvalue weighted by Crippen LogP contribution is 2.40. The maximum Gasteiger partial charge on any atom is 0.0861 e. The minimum Gasteiger partial charge on any atom is -0.411 e. The minimum absolute atomic E-state index is 0.118. The van der Waals surface area contributed by atoms with Crippen LogP contribution >= 0.6 is 0 Å². The lowest BCUT2D eigenvalue weighted by molar-refractivity contribution is 0.318. The predicted molar refractivity (Wildman–Crippen MR) is 103 cm³/mol. The Morgan fingerprint density at radius 3 is 2.64 bits per heavy atom. The van der Waals surface area contributed by atoms with Crippen LogP contribution in [0.2, 0.25) is 0 Å². The molecule has 1 aliphatic heterocycles. The monoisotopic (exact) mass is 332 g/mol. The van der Waals surface area contributed by atoms with Crippen LogP contribution in [0.5, 0.6) is 0 Å². The van der Waals surface area contributed by atoms with E-state index in [2.05, 4.69) is 72.1 Å². The van der Waals surface area contributed by atoms with E-state index in [1.165, 1.54) is 27.7 Å². The molecule has 0 bridgehead atoms. The highest BCUT2D eigenvalue weighted by molar-refractivity contribution is 6.11. The fourth-order valence-electron chi connectivity index (χ4n) is 4.31. The number of hydrogen-bond donors (Lipinski definition) is 1. The van der Waals surface area contributed by atoms with Crippen LogP contribution in [0, 0.1) is 6.92 Å². The molecular formula is C22H24N2O. The number of fused-ring (bicyclic) bond motifs is 3. The second-order valence-electron chi connectivity index (χ2n) is 7.54. The van der Waals surface area contributed by atoms with Crippen molar-refractivity contribution in [1.29, 1.82) is 0 Å². The van der Waals surface area contributed by atoms with Crippen LogP contribution in [0.4, 0.5) is 0 Å². The van der Waals surface area contributed by atoms with Crippen LogP contribution in [0.25, 0.3) is 10.9 Å². The summed E-state index contributed by atoms with van der Waals surface area (Å²) in [6.07, 6.45) is 2.08. The second kappa shape index (κ2) is 5.76. The number of nitrogens with zero attached hydrogens (tertiary/aromatic N) is 2. The van der Waals surface area contributed by atoms with E-state index < -0.39 is 0 Å². The molecule has 25 heavy (non-hydrogen) atoms. The lowest BCUT2D eigenvalue weighted by Gasteiger charge is -2.36. The summed E-state index contributed by atoms with van der Waals surface area (Å²) in [6, 6.07) is 17.4. The molecule has 0 unspecified atom stereocenters. The first-order valence-corrected chi connectivity index (χ1v) is 8.90. The third kappa shape index (κ3) is 2.46. The number of aryl methyl sites for hydroxylation is 1. The highest BCUT2D eigenvalue weighted by atomic mass is 16.4. The summed E-state index contributed by atoms with van der Waals surface area (Å²) >= 11 is 0. The zero-order valence-corrected chi connectivity index (χ0v) is 15.1. The Morgan fingerprint density at radius 1 is 1.16 bits per heavy atom. The Bertz CT molecular complexity index is 969. The maximum atomic E-state index is 9.40. The van der Waals surface area contributed by atoms with E-state index in [0.717, 1.165) is 24.9 Å². The molecule has 3 heteroatoms. The predicted octanol–water partition coefficient (Wildman–Crippen LogP) is 5.05. The summed E-state index contributed by atoms with van der Waals surface area (Å²) in [6.45, 7) is 7.31. The van der Waals surface area contributed by atoms with Gasteiger partial charge in [0.1, 0.15) is 0 Å². The van der Waals surface area contributed by atoms with Gasteiger partial charge in [0.2, 0.25) is 0 Å². The Morgan fingerprint density at radius 2 is 1.92 bits per heavy atom. The van der Waals surface area contributed by atoms with Gasteiger partial charge in [-0.05, 0) is 44.4 Å². The number of aromatic nitrogens is 1. The quantitative estimate of drug-likeness (QED) is 0.398. The summed E-state index contributed by atoms with van der Waals surface area (Å²) < 4.78 is 2.44. The minimum atomic E-state index is 0.118. The molecule has 0 saturated heterocycles. The normalized spacial score (nSPS) is 20.7. The molecule has 1 aliphatic rings. The molecule has 0 aliphatic carbocycles. The third-order valence-electron chi connectivity index (χ3n) is 5.73. The summed E-state index contributed by atoms with van der Waals surface area (Å²) in [7, 11) is 0. The first-order chi connectivity index (χ1) is 12.0. The molecule has 2 aromatic carbocycles.